The summed E-state index contributed by atoms with van der Waals surface area (Å²) in [6.45, 7) is 4.43. The van der Waals surface area contributed by atoms with Crippen LogP contribution in [-0.4, -0.2) is 9.97 Å². The minimum Gasteiger partial charge on any atom is -0.356 e. The molecular weight excluding hydrogens is 240 g/mol. The molecular formula is C11H13BrN2. The molecule has 0 saturated carbocycles. The summed E-state index contributed by atoms with van der Waals surface area (Å²) in [6.07, 6.45) is 2.89. The quantitative estimate of drug-likeness (QED) is 0.871. The van der Waals surface area contributed by atoms with Gasteiger partial charge in [0.1, 0.15) is 0 Å². The fraction of sp³-hybridized carbons (Fsp3) is 0.364. The highest BCUT2D eigenvalue weighted by atomic mass is 79.9. The first-order chi connectivity index (χ1) is 6.66. The summed E-state index contributed by atoms with van der Waals surface area (Å²) in [5.74, 6) is 0.668. The first-order valence-electron chi connectivity index (χ1n) is 4.79. The van der Waals surface area contributed by atoms with Gasteiger partial charge in [-0.1, -0.05) is 13.8 Å². The fourth-order valence-corrected chi connectivity index (χ4v) is 2.02. The van der Waals surface area contributed by atoms with Crippen LogP contribution in [0.4, 0.5) is 0 Å². The standard InChI is InChI=1S/C11H13BrN2/c1-7(2)5-8-6-10-11(14-8)9(12)3-4-13-10/h3-4,6-7,14H,5H2,1-2H3. The van der Waals surface area contributed by atoms with Crippen LogP contribution in [0.2, 0.25) is 0 Å². The molecule has 0 aromatic carbocycles. The van der Waals surface area contributed by atoms with Crippen LogP contribution in [-0.2, 0) is 6.42 Å². The van der Waals surface area contributed by atoms with Gasteiger partial charge in [-0.25, -0.2) is 0 Å². The lowest BCUT2D eigenvalue weighted by Crippen LogP contribution is -1.93. The van der Waals surface area contributed by atoms with E-state index in [1.807, 2.05) is 12.3 Å². The molecule has 0 unspecified atom stereocenters. The molecule has 2 rings (SSSR count). The third-order valence-corrected chi connectivity index (χ3v) is 2.81. The summed E-state index contributed by atoms with van der Waals surface area (Å²) in [5, 5.41) is 0. The predicted molar refractivity (Wildman–Crippen MR) is 62.3 cm³/mol. The van der Waals surface area contributed by atoms with Crippen LogP contribution in [0.25, 0.3) is 11.0 Å². The lowest BCUT2D eigenvalue weighted by molar-refractivity contribution is 0.638. The Bertz CT molecular complexity index is 445. The highest BCUT2D eigenvalue weighted by Crippen LogP contribution is 2.22. The number of fused-ring (bicyclic) bond motifs is 1. The Hall–Kier alpha value is -0.830. The Morgan fingerprint density at radius 1 is 1.50 bits per heavy atom. The average molecular weight is 253 g/mol. The Morgan fingerprint density at radius 3 is 2.93 bits per heavy atom. The van der Waals surface area contributed by atoms with Crippen LogP contribution in [0.1, 0.15) is 19.5 Å². The van der Waals surface area contributed by atoms with E-state index in [1.54, 1.807) is 0 Å². The third-order valence-electron chi connectivity index (χ3n) is 2.15. The lowest BCUT2D eigenvalue weighted by atomic mass is 10.1. The van der Waals surface area contributed by atoms with Crippen LogP contribution in [0, 0.1) is 5.92 Å². The largest absolute Gasteiger partial charge is 0.356 e. The number of nitrogens with one attached hydrogen (secondary N) is 1. The summed E-state index contributed by atoms with van der Waals surface area (Å²) >= 11 is 3.51. The smallest absolute Gasteiger partial charge is 0.0893 e. The second-order valence-corrected chi connectivity index (χ2v) is 4.80. The number of hydrogen-bond donors (Lipinski definition) is 1. The number of rotatable bonds is 2. The highest BCUT2D eigenvalue weighted by Gasteiger charge is 2.05. The molecule has 2 aromatic rings. The fourth-order valence-electron chi connectivity index (χ4n) is 1.60. The number of hydrogen-bond acceptors (Lipinski definition) is 1. The second kappa shape index (κ2) is 3.73. The highest BCUT2D eigenvalue weighted by molar-refractivity contribution is 9.10. The molecule has 0 saturated heterocycles. The summed E-state index contributed by atoms with van der Waals surface area (Å²) in [4.78, 5) is 7.69. The normalized spacial score (nSPS) is 11.4. The third kappa shape index (κ3) is 1.82. The molecule has 0 amide bonds. The molecule has 1 N–H and O–H groups in total. The minimum atomic E-state index is 0.668. The van der Waals surface area contributed by atoms with Crippen LogP contribution in [0.15, 0.2) is 22.8 Å². The first-order valence-corrected chi connectivity index (χ1v) is 5.58. The van der Waals surface area contributed by atoms with Gasteiger partial charge in [-0.05, 0) is 40.4 Å². The Balaban J connectivity index is 2.46. The summed E-state index contributed by atoms with van der Waals surface area (Å²) in [6, 6.07) is 4.08. The maximum atomic E-state index is 4.31. The van der Waals surface area contributed by atoms with Crippen LogP contribution < -0.4 is 0 Å². The van der Waals surface area contributed by atoms with Gasteiger partial charge in [0.15, 0.2) is 0 Å². The van der Waals surface area contributed by atoms with Gasteiger partial charge in [0, 0.05) is 16.4 Å². The number of H-pyrrole nitrogens is 1. The van der Waals surface area contributed by atoms with Crippen molar-refractivity contribution < 1.29 is 0 Å². The molecule has 0 spiro atoms. The molecule has 0 fully saturated rings. The van der Waals surface area contributed by atoms with Gasteiger partial charge in [0.05, 0.1) is 11.0 Å². The van der Waals surface area contributed by atoms with Gasteiger partial charge in [0.25, 0.3) is 0 Å². The van der Waals surface area contributed by atoms with Crippen molar-refractivity contribution in [2.75, 3.05) is 0 Å². The molecule has 2 nitrogen and oxygen atoms in total. The van der Waals surface area contributed by atoms with Crippen molar-refractivity contribution in [1.29, 1.82) is 0 Å². The van der Waals surface area contributed by atoms with Gasteiger partial charge in [-0.2, -0.15) is 0 Å². The van der Waals surface area contributed by atoms with Crippen molar-refractivity contribution in [2.24, 2.45) is 5.92 Å². The molecule has 0 aliphatic carbocycles. The van der Waals surface area contributed by atoms with E-state index in [-0.39, 0.29) is 0 Å². The van der Waals surface area contributed by atoms with E-state index in [0.29, 0.717) is 5.92 Å². The zero-order valence-electron chi connectivity index (χ0n) is 8.34. The Morgan fingerprint density at radius 2 is 2.29 bits per heavy atom. The van der Waals surface area contributed by atoms with Crippen LogP contribution in [0.5, 0.6) is 0 Å². The summed E-state index contributed by atoms with van der Waals surface area (Å²) in [5.41, 5.74) is 3.40. The van der Waals surface area contributed by atoms with E-state index >= 15 is 0 Å². The Labute approximate surface area is 91.9 Å². The van der Waals surface area contributed by atoms with Gasteiger partial charge in [0.2, 0.25) is 0 Å². The number of aromatic nitrogens is 2. The SMILES string of the molecule is CC(C)Cc1cc2nccc(Br)c2[nH]1. The zero-order chi connectivity index (χ0) is 10.1. The summed E-state index contributed by atoms with van der Waals surface area (Å²) in [7, 11) is 0. The average Bonchev–Trinajstić information content (AvgIpc) is 2.47. The minimum absolute atomic E-state index is 0.668. The van der Waals surface area contributed by atoms with E-state index in [0.717, 1.165) is 21.9 Å². The van der Waals surface area contributed by atoms with Crippen molar-refractivity contribution in [3.8, 4) is 0 Å². The van der Waals surface area contributed by atoms with Crippen LogP contribution >= 0.6 is 15.9 Å². The maximum absolute atomic E-state index is 4.31. The zero-order valence-corrected chi connectivity index (χ0v) is 9.93. The van der Waals surface area contributed by atoms with Crippen LogP contribution in [0.3, 0.4) is 0 Å². The molecule has 14 heavy (non-hydrogen) atoms. The second-order valence-electron chi connectivity index (χ2n) is 3.95. The number of halogens is 1. The summed E-state index contributed by atoms with van der Waals surface area (Å²) < 4.78 is 1.08. The van der Waals surface area contributed by atoms with Crippen molar-refractivity contribution >= 4 is 27.0 Å². The van der Waals surface area contributed by atoms with Crippen molar-refractivity contribution in [3.63, 3.8) is 0 Å². The molecule has 3 heteroatoms. The van der Waals surface area contributed by atoms with Gasteiger partial charge in [-0.3, -0.25) is 4.98 Å². The number of nitrogens with zero attached hydrogens (tertiary/aromatic N) is 1. The van der Waals surface area contributed by atoms with Crippen molar-refractivity contribution in [2.45, 2.75) is 20.3 Å². The molecule has 0 aliphatic rings. The lowest BCUT2D eigenvalue weighted by Gasteiger charge is -1.99. The molecule has 2 heterocycles. The number of aromatic amines is 1. The molecule has 74 valence electrons. The topological polar surface area (TPSA) is 28.7 Å². The molecule has 0 bridgehead atoms. The maximum Gasteiger partial charge on any atom is 0.0893 e. The van der Waals surface area contributed by atoms with E-state index in [9.17, 15) is 0 Å². The van der Waals surface area contributed by atoms with Gasteiger partial charge >= 0.3 is 0 Å². The van der Waals surface area contributed by atoms with E-state index in [1.165, 1.54) is 5.69 Å². The predicted octanol–water partition coefficient (Wildman–Crippen LogP) is 3.52. The monoisotopic (exact) mass is 252 g/mol. The van der Waals surface area contributed by atoms with E-state index in [4.69, 9.17) is 0 Å². The van der Waals surface area contributed by atoms with Crippen molar-refractivity contribution in [1.82, 2.24) is 9.97 Å². The molecule has 0 atom stereocenters. The molecule has 0 aliphatic heterocycles. The Kier molecular flexibility index (Phi) is 2.59. The first kappa shape index (κ1) is 9.71. The van der Waals surface area contributed by atoms with Gasteiger partial charge < -0.3 is 4.98 Å². The molecule has 0 radical (unpaired) electrons. The van der Waals surface area contributed by atoms with Gasteiger partial charge in [-0.15, -0.1) is 0 Å². The number of pyridine rings is 1. The molecule has 2 aromatic heterocycles. The van der Waals surface area contributed by atoms with E-state index in [2.05, 4.69) is 45.8 Å². The van der Waals surface area contributed by atoms with E-state index < -0.39 is 0 Å². The van der Waals surface area contributed by atoms with Crippen molar-refractivity contribution in [3.05, 3.63) is 28.5 Å².